The van der Waals surface area contributed by atoms with Crippen molar-refractivity contribution in [3.05, 3.63) is 93.6 Å². The van der Waals surface area contributed by atoms with Crippen LogP contribution in [0.1, 0.15) is 33.6 Å². The molecule has 2 aromatic carbocycles. The topological polar surface area (TPSA) is 73.8 Å². The number of rotatable bonds is 3. The second kappa shape index (κ2) is 8.22. The number of aromatic nitrogens is 1. The molecule has 3 aromatic rings. The fourth-order valence-corrected chi connectivity index (χ4v) is 5.25. The molecule has 0 radical (unpaired) electrons. The quantitative estimate of drug-likeness (QED) is 0.512. The summed E-state index contributed by atoms with van der Waals surface area (Å²) in [4.78, 5) is 17.0. The Morgan fingerprint density at radius 1 is 1.03 bits per heavy atom. The van der Waals surface area contributed by atoms with E-state index in [1.54, 1.807) is 24.3 Å². The number of nitrogens with one attached hydrogen (secondary N) is 1. The molecule has 0 bridgehead atoms. The van der Waals surface area contributed by atoms with Crippen LogP contribution in [-0.4, -0.2) is 31.5 Å². The number of nitrogens with zero attached hydrogens (tertiary/aromatic N) is 4. The van der Waals surface area contributed by atoms with Gasteiger partial charge in [-0.15, -0.1) is 0 Å². The minimum Gasteiger partial charge on any atom is -0.317 e. The van der Waals surface area contributed by atoms with Gasteiger partial charge in [-0.1, -0.05) is 30.3 Å². The highest BCUT2D eigenvalue weighted by atomic mass is 32.2. The Morgan fingerprint density at radius 3 is 2.44 bits per heavy atom. The molecule has 0 aliphatic carbocycles. The zero-order valence-corrected chi connectivity index (χ0v) is 20.0. The van der Waals surface area contributed by atoms with Gasteiger partial charge in [-0.25, -0.2) is 4.39 Å². The molecule has 0 unspecified atom stereocenters. The van der Waals surface area contributed by atoms with Crippen LogP contribution in [0.4, 0.5) is 4.39 Å². The van der Waals surface area contributed by atoms with Crippen LogP contribution in [0.5, 0.6) is 0 Å². The fourth-order valence-electron chi connectivity index (χ4n) is 4.33. The first-order valence-electron chi connectivity index (χ1n) is 10.8. The molecular weight excluding hydrogens is 449 g/mol. The molecule has 34 heavy (non-hydrogen) atoms. The van der Waals surface area contributed by atoms with Crippen LogP contribution in [0.3, 0.4) is 0 Å². The molecule has 0 saturated heterocycles. The highest BCUT2D eigenvalue weighted by molar-refractivity contribution is 8.27. The van der Waals surface area contributed by atoms with E-state index in [2.05, 4.69) is 40.6 Å². The first-order valence-corrected chi connectivity index (χ1v) is 11.6. The van der Waals surface area contributed by atoms with Crippen molar-refractivity contribution in [3.63, 3.8) is 0 Å². The van der Waals surface area contributed by atoms with E-state index in [0.717, 1.165) is 45.5 Å². The van der Waals surface area contributed by atoms with Crippen molar-refractivity contribution < 1.29 is 9.18 Å². The predicted molar refractivity (Wildman–Crippen MR) is 135 cm³/mol. The van der Waals surface area contributed by atoms with Gasteiger partial charge in [0.25, 0.3) is 5.91 Å². The number of benzene rings is 2. The van der Waals surface area contributed by atoms with Crippen LogP contribution >= 0.6 is 11.8 Å². The summed E-state index contributed by atoms with van der Waals surface area (Å²) in [5.74, 6) is -1.00. The second-order valence-electron chi connectivity index (χ2n) is 8.31. The van der Waals surface area contributed by atoms with Gasteiger partial charge in [0.05, 0.1) is 11.3 Å². The molecule has 0 atom stereocenters. The Balaban J connectivity index is 1.55. The number of hydrogen-bond donors (Lipinski definition) is 1. The first-order chi connectivity index (χ1) is 16.3. The van der Waals surface area contributed by atoms with Crippen molar-refractivity contribution in [3.8, 4) is 5.69 Å². The van der Waals surface area contributed by atoms with E-state index < -0.39 is 11.7 Å². The number of carbonyl (C=O) groups is 1. The summed E-state index contributed by atoms with van der Waals surface area (Å²) >= 11 is 1.08. The van der Waals surface area contributed by atoms with Crippen LogP contribution in [0.15, 0.2) is 64.2 Å². The maximum absolute atomic E-state index is 14.3. The Bertz CT molecular complexity index is 1460. The highest BCUT2D eigenvalue weighted by Crippen LogP contribution is 2.33. The Morgan fingerprint density at radius 2 is 1.74 bits per heavy atom. The largest absolute Gasteiger partial charge is 0.317 e. The number of carbonyl (C=O) groups excluding carboxylic acids is 1. The van der Waals surface area contributed by atoms with E-state index in [9.17, 15) is 9.18 Å². The number of thioether (sulfide) groups is 1. The van der Waals surface area contributed by atoms with E-state index in [0.29, 0.717) is 10.6 Å². The summed E-state index contributed by atoms with van der Waals surface area (Å²) in [6.07, 6.45) is 1.69. The summed E-state index contributed by atoms with van der Waals surface area (Å²) in [6, 6.07) is 14.5. The van der Waals surface area contributed by atoms with Crippen LogP contribution in [0.25, 0.3) is 11.8 Å². The standard InChI is InChI=1S/C26H22FN5OS/c1-14-8-7-9-15(2)22(14)31-16(3)12-18(17(31)4)13-20-23(28)32-26(29-24(20)33)34-25(30-32)19-10-5-6-11-21(19)27/h5-13,28H,1-4H3/b20-13-,28-23?. The summed E-state index contributed by atoms with van der Waals surface area (Å²) < 4.78 is 16.4. The van der Waals surface area contributed by atoms with Gasteiger partial charge >= 0.3 is 0 Å². The van der Waals surface area contributed by atoms with Gasteiger partial charge in [0.1, 0.15) is 10.9 Å². The zero-order valence-electron chi connectivity index (χ0n) is 19.2. The zero-order chi connectivity index (χ0) is 24.1. The van der Waals surface area contributed by atoms with Gasteiger partial charge < -0.3 is 4.57 Å². The van der Waals surface area contributed by atoms with Crippen LogP contribution in [0.2, 0.25) is 0 Å². The van der Waals surface area contributed by atoms with Crippen molar-refractivity contribution in [1.82, 2.24) is 9.58 Å². The number of amides is 1. The van der Waals surface area contributed by atoms with Gasteiger partial charge in [0, 0.05) is 17.0 Å². The maximum atomic E-state index is 14.3. The molecule has 5 rings (SSSR count). The van der Waals surface area contributed by atoms with Crippen molar-refractivity contribution in [2.75, 3.05) is 0 Å². The lowest BCUT2D eigenvalue weighted by molar-refractivity contribution is -0.114. The summed E-state index contributed by atoms with van der Waals surface area (Å²) in [5, 5.41) is 15.0. The smallest absolute Gasteiger partial charge is 0.283 e. The molecule has 0 saturated carbocycles. The SMILES string of the molecule is Cc1cccc(C)c1-n1c(C)cc(/C=C2/C(=N)N3N=C(c4ccccc4F)SC3=NC2=O)c1C. The fraction of sp³-hybridized carbons (Fsp3) is 0.154. The molecule has 1 amide bonds. The van der Waals surface area contributed by atoms with Gasteiger partial charge in [-0.3, -0.25) is 10.2 Å². The van der Waals surface area contributed by atoms with Crippen molar-refractivity contribution >= 4 is 39.8 Å². The number of para-hydroxylation sites is 1. The van der Waals surface area contributed by atoms with E-state index >= 15 is 0 Å². The molecule has 2 aliphatic rings. The summed E-state index contributed by atoms with van der Waals surface area (Å²) in [6.45, 7) is 8.17. The second-order valence-corrected chi connectivity index (χ2v) is 9.26. The third-order valence-electron chi connectivity index (χ3n) is 5.99. The van der Waals surface area contributed by atoms with Crippen molar-refractivity contribution in [2.45, 2.75) is 27.7 Å². The monoisotopic (exact) mass is 471 g/mol. The number of fused-ring (bicyclic) bond motifs is 1. The van der Waals surface area contributed by atoms with Gasteiger partial charge in [-0.05, 0) is 80.4 Å². The van der Waals surface area contributed by atoms with Crippen LogP contribution in [-0.2, 0) is 4.79 Å². The average molecular weight is 472 g/mol. The molecule has 1 aromatic heterocycles. The van der Waals surface area contributed by atoms with Crippen molar-refractivity contribution in [2.24, 2.45) is 10.1 Å². The molecule has 170 valence electrons. The minimum atomic E-state index is -0.509. The number of amidine groups is 2. The van der Waals surface area contributed by atoms with Crippen LogP contribution in [0, 0.1) is 38.9 Å². The lowest BCUT2D eigenvalue weighted by Gasteiger charge is -2.20. The number of hydrogen-bond acceptors (Lipinski definition) is 4. The molecule has 3 heterocycles. The Kier molecular flexibility index (Phi) is 5.32. The van der Waals surface area contributed by atoms with E-state index in [1.165, 1.54) is 11.1 Å². The number of aryl methyl sites for hydroxylation is 3. The maximum Gasteiger partial charge on any atom is 0.283 e. The summed E-state index contributed by atoms with van der Waals surface area (Å²) in [7, 11) is 0. The molecule has 1 N–H and O–H groups in total. The first kappa shape index (κ1) is 22.0. The van der Waals surface area contributed by atoms with E-state index in [-0.39, 0.29) is 16.6 Å². The van der Waals surface area contributed by atoms with Crippen LogP contribution < -0.4 is 0 Å². The number of halogens is 1. The van der Waals surface area contributed by atoms with Gasteiger partial charge in [-0.2, -0.15) is 15.1 Å². The minimum absolute atomic E-state index is 0.0780. The van der Waals surface area contributed by atoms with E-state index in [4.69, 9.17) is 5.41 Å². The van der Waals surface area contributed by atoms with Gasteiger partial charge in [0.2, 0.25) is 5.17 Å². The number of aliphatic imine (C=N–C) groups is 1. The van der Waals surface area contributed by atoms with E-state index in [1.807, 2.05) is 26.0 Å². The normalized spacial score (nSPS) is 16.7. The third-order valence-corrected chi connectivity index (χ3v) is 6.93. The highest BCUT2D eigenvalue weighted by Gasteiger charge is 2.36. The Labute approximate surface area is 201 Å². The lowest BCUT2D eigenvalue weighted by Crippen LogP contribution is -2.35. The predicted octanol–water partition coefficient (Wildman–Crippen LogP) is 5.52. The summed E-state index contributed by atoms with van der Waals surface area (Å²) in [5.41, 5.74) is 6.69. The third kappa shape index (κ3) is 3.51. The molecular formula is C26H22FN5OS. The number of hydrazone groups is 1. The molecule has 8 heteroatoms. The lowest BCUT2D eigenvalue weighted by atomic mass is 10.1. The molecule has 2 aliphatic heterocycles. The molecule has 0 spiro atoms. The average Bonchev–Trinajstić information content (AvgIpc) is 3.33. The van der Waals surface area contributed by atoms with Crippen molar-refractivity contribution in [1.29, 1.82) is 5.41 Å². The Hall–Kier alpha value is -3.78. The molecule has 0 fully saturated rings. The molecule has 6 nitrogen and oxygen atoms in total. The van der Waals surface area contributed by atoms with Gasteiger partial charge in [0.15, 0.2) is 5.84 Å².